The number of amides is 3. The Hall–Kier alpha value is -3.81. The van der Waals surface area contributed by atoms with Crippen LogP contribution in [0.25, 0.3) is 11.1 Å². The summed E-state index contributed by atoms with van der Waals surface area (Å²) in [6.07, 6.45) is -3.03. The van der Waals surface area contributed by atoms with Gasteiger partial charge >= 0.3 is 12.2 Å². The summed E-state index contributed by atoms with van der Waals surface area (Å²) in [5, 5.41) is 5.91. The van der Waals surface area contributed by atoms with Crippen molar-refractivity contribution < 1.29 is 22.8 Å². The Labute approximate surface area is 202 Å². The predicted molar refractivity (Wildman–Crippen MR) is 129 cm³/mol. The zero-order chi connectivity index (χ0) is 25.3. The fourth-order valence-corrected chi connectivity index (χ4v) is 4.24. The van der Waals surface area contributed by atoms with E-state index in [1.807, 2.05) is 31.2 Å². The minimum atomic E-state index is -4.42. The Morgan fingerprint density at radius 2 is 1.60 bits per heavy atom. The molecular formula is C27H26F3N3O2. The summed E-state index contributed by atoms with van der Waals surface area (Å²) in [6.45, 7) is 1.85. The van der Waals surface area contributed by atoms with E-state index in [0.717, 1.165) is 35.2 Å². The lowest BCUT2D eigenvalue weighted by atomic mass is 9.96. The average Bonchev–Trinajstić information content (AvgIpc) is 3.20. The lowest BCUT2D eigenvalue weighted by molar-refractivity contribution is -0.137. The molecule has 0 radical (unpaired) electrons. The zero-order valence-electron chi connectivity index (χ0n) is 19.7. The lowest BCUT2D eigenvalue weighted by Gasteiger charge is -2.16. The number of nitrogens with zero attached hydrogens (tertiary/aromatic N) is 1. The van der Waals surface area contributed by atoms with Crippen LogP contribution in [0.5, 0.6) is 0 Å². The van der Waals surface area contributed by atoms with Crippen molar-refractivity contribution in [3.8, 4) is 11.1 Å². The highest BCUT2D eigenvalue weighted by molar-refractivity contribution is 6.09. The number of rotatable bonds is 4. The molecule has 0 bridgehead atoms. The molecule has 0 aromatic heterocycles. The largest absolute Gasteiger partial charge is 0.416 e. The minimum absolute atomic E-state index is 0.00565. The van der Waals surface area contributed by atoms with Gasteiger partial charge in [0.05, 0.1) is 5.56 Å². The highest BCUT2D eigenvalue weighted by atomic mass is 19.4. The molecule has 0 spiro atoms. The van der Waals surface area contributed by atoms with Crippen LogP contribution in [0.4, 0.5) is 23.7 Å². The molecule has 2 N–H and O–H groups in total. The van der Waals surface area contributed by atoms with Crippen LogP contribution in [0.2, 0.25) is 0 Å². The van der Waals surface area contributed by atoms with Crippen LogP contribution in [-0.2, 0) is 19.0 Å². The molecule has 8 heteroatoms. The average molecular weight is 482 g/mol. The molecule has 3 aromatic carbocycles. The maximum atomic E-state index is 13.2. The summed E-state index contributed by atoms with van der Waals surface area (Å²) < 4.78 is 38.9. The molecule has 3 amide bonds. The SMILES string of the molecule is Cc1ccc(-c2ccc(C(F)(F)F)cc2)c(C(=O)Nc2ccc3c(c2)CC(NC(=O)N(C)C)C3)c1. The normalized spacial score (nSPS) is 14.9. The highest BCUT2D eigenvalue weighted by Gasteiger charge is 2.30. The van der Waals surface area contributed by atoms with Gasteiger partial charge in [0.1, 0.15) is 0 Å². The quantitative estimate of drug-likeness (QED) is 0.504. The van der Waals surface area contributed by atoms with E-state index in [1.54, 1.807) is 26.2 Å². The molecule has 0 saturated heterocycles. The van der Waals surface area contributed by atoms with E-state index in [0.29, 0.717) is 28.8 Å². The number of carbonyl (C=O) groups is 2. The van der Waals surface area contributed by atoms with Crippen molar-refractivity contribution in [2.75, 3.05) is 19.4 Å². The molecule has 35 heavy (non-hydrogen) atoms. The van der Waals surface area contributed by atoms with E-state index in [1.165, 1.54) is 17.0 Å². The van der Waals surface area contributed by atoms with Gasteiger partial charge in [-0.1, -0.05) is 35.9 Å². The van der Waals surface area contributed by atoms with Gasteiger partial charge in [-0.25, -0.2) is 4.79 Å². The van der Waals surface area contributed by atoms with Crippen molar-refractivity contribution in [3.05, 3.63) is 88.5 Å². The topological polar surface area (TPSA) is 61.4 Å². The molecule has 0 saturated carbocycles. The predicted octanol–water partition coefficient (Wildman–Crippen LogP) is 5.67. The van der Waals surface area contributed by atoms with Crippen LogP contribution in [0.3, 0.4) is 0 Å². The van der Waals surface area contributed by atoms with Gasteiger partial charge in [0, 0.05) is 31.4 Å². The second kappa shape index (κ2) is 9.44. The van der Waals surface area contributed by atoms with Gasteiger partial charge in [0.2, 0.25) is 0 Å². The standard InChI is InChI=1S/C27H26F3N3O2/c1-16-4-11-23(17-5-8-20(9-6-17)27(28,29)30)24(12-16)25(34)31-21-10-7-18-13-22(15-19(18)14-21)32-26(35)33(2)3/h4-12,14,22H,13,15H2,1-3H3,(H,31,34)(H,32,35). The molecule has 3 aromatic rings. The number of hydrogen-bond acceptors (Lipinski definition) is 2. The Bertz CT molecular complexity index is 1270. The summed E-state index contributed by atoms with van der Waals surface area (Å²) >= 11 is 0. The first-order valence-corrected chi connectivity index (χ1v) is 11.2. The van der Waals surface area contributed by atoms with Gasteiger partial charge in [-0.3, -0.25) is 4.79 Å². The van der Waals surface area contributed by atoms with Crippen molar-refractivity contribution in [2.24, 2.45) is 0 Å². The number of halogens is 3. The van der Waals surface area contributed by atoms with Crippen LogP contribution >= 0.6 is 0 Å². The number of benzene rings is 3. The maximum absolute atomic E-state index is 13.2. The summed E-state index contributed by atoms with van der Waals surface area (Å²) in [5.74, 6) is -0.348. The van der Waals surface area contributed by atoms with E-state index >= 15 is 0 Å². The fourth-order valence-electron chi connectivity index (χ4n) is 4.24. The number of urea groups is 1. The molecule has 5 nitrogen and oxygen atoms in total. The molecule has 1 unspecified atom stereocenters. The van der Waals surface area contributed by atoms with E-state index in [9.17, 15) is 22.8 Å². The highest BCUT2D eigenvalue weighted by Crippen LogP contribution is 2.33. The van der Waals surface area contributed by atoms with Crippen molar-refractivity contribution >= 4 is 17.6 Å². The van der Waals surface area contributed by atoms with E-state index in [-0.39, 0.29) is 18.0 Å². The first kappa shape index (κ1) is 24.3. The van der Waals surface area contributed by atoms with Crippen molar-refractivity contribution in [1.29, 1.82) is 0 Å². The number of nitrogens with one attached hydrogen (secondary N) is 2. The lowest BCUT2D eigenvalue weighted by Crippen LogP contribution is -2.41. The Morgan fingerprint density at radius 3 is 2.26 bits per heavy atom. The second-order valence-electron chi connectivity index (χ2n) is 9.01. The van der Waals surface area contributed by atoms with Gasteiger partial charge in [-0.05, 0) is 72.4 Å². The summed E-state index contributed by atoms with van der Waals surface area (Å²) in [7, 11) is 3.38. The Morgan fingerprint density at radius 1 is 0.914 bits per heavy atom. The van der Waals surface area contributed by atoms with Gasteiger partial charge in [0.25, 0.3) is 5.91 Å². The number of aryl methyl sites for hydroxylation is 1. The third kappa shape index (κ3) is 5.48. The number of anilines is 1. The molecule has 1 aliphatic rings. The van der Waals surface area contributed by atoms with E-state index in [2.05, 4.69) is 10.6 Å². The van der Waals surface area contributed by atoms with Crippen molar-refractivity contribution in [2.45, 2.75) is 32.0 Å². The maximum Gasteiger partial charge on any atom is 0.416 e. The summed E-state index contributed by atoms with van der Waals surface area (Å²) in [4.78, 5) is 26.7. The minimum Gasteiger partial charge on any atom is -0.335 e. The van der Waals surface area contributed by atoms with E-state index in [4.69, 9.17) is 0 Å². The van der Waals surface area contributed by atoms with Gasteiger partial charge in [0.15, 0.2) is 0 Å². The molecule has 0 aliphatic heterocycles. The van der Waals surface area contributed by atoms with Crippen LogP contribution in [0.1, 0.15) is 32.6 Å². The number of hydrogen-bond donors (Lipinski definition) is 2. The molecule has 182 valence electrons. The number of fused-ring (bicyclic) bond motifs is 1. The van der Waals surface area contributed by atoms with Gasteiger partial charge in [-0.15, -0.1) is 0 Å². The number of alkyl halides is 3. The summed E-state index contributed by atoms with van der Waals surface area (Å²) in [6, 6.07) is 15.6. The van der Waals surface area contributed by atoms with Crippen LogP contribution in [0, 0.1) is 6.92 Å². The van der Waals surface area contributed by atoms with Crippen LogP contribution in [0.15, 0.2) is 60.7 Å². The smallest absolute Gasteiger partial charge is 0.335 e. The molecule has 4 rings (SSSR count). The first-order valence-electron chi connectivity index (χ1n) is 11.2. The van der Waals surface area contributed by atoms with Crippen LogP contribution < -0.4 is 10.6 Å². The van der Waals surface area contributed by atoms with Gasteiger partial charge < -0.3 is 15.5 Å². The third-order valence-electron chi connectivity index (χ3n) is 6.07. The third-order valence-corrected chi connectivity index (χ3v) is 6.07. The first-order chi connectivity index (χ1) is 16.5. The molecule has 1 atom stereocenters. The second-order valence-corrected chi connectivity index (χ2v) is 9.01. The molecule has 0 fully saturated rings. The Kier molecular flexibility index (Phi) is 6.56. The fraction of sp³-hybridized carbons (Fsp3) is 0.259. The van der Waals surface area contributed by atoms with E-state index < -0.39 is 11.7 Å². The zero-order valence-corrected chi connectivity index (χ0v) is 19.7. The van der Waals surface area contributed by atoms with Gasteiger partial charge in [-0.2, -0.15) is 13.2 Å². The van der Waals surface area contributed by atoms with Crippen molar-refractivity contribution in [1.82, 2.24) is 10.2 Å². The van der Waals surface area contributed by atoms with Crippen molar-refractivity contribution in [3.63, 3.8) is 0 Å². The Balaban J connectivity index is 1.54. The molecule has 0 heterocycles. The monoisotopic (exact) mass is 481 g/mol. The molecule has 1 aliphatic carbocycles. The number of carbonyl (C=O) groups excluding carboxylic acids is 2. The van der Waals surface area contributed by atoms with Crippen LogP contribution in [-0.4, -0.2) is 37.0 Å². The summed E-state index contributed by atoms with van der Waals surface area (Å²) in [5.41, 5.74) is 4.37. The molecular weight excluding hydrogens is 455 g/mol.